The van der Waals surface area contributed by atoms with E-state index in [0.717, 1.165) is 37.7 Å². The summed E-state index contributed by atoms with van der Waals surface area (Å²) < 4.78 is 30.7. The molecule has 2 aromatic rings. The molecule has 1 aliphatic carbocycles. The Morgan fingerprint density at radius 2 is 2.11 bits per heavy atom. The van der Waals surface area contributed by atoms with Crippen LogP contribution in [-0.2, 0) is 12.1 Å². The third-order valence-corrected chi connectivity index (χ3v) is 5.67. The van der Waals surface area contributed by atoms with Gasteiger partial charge in [0.05, 0.1) is 22.8 Å². The highest BCUT2D eigenvalue weighted by atomic mass is 35.5. The highest BCUT2D eigenvalue weighted by molar-refractivity contribution is 6.35. The molecule has 0 radical (unpaired) electrons. The molecule has 0 saturated heterocycles. The Kier molecular flexibility index (Phi) is 5.15. The molecule has 1 aromatic carbocycles. The van der Waals surface area contributed by atoms with Gasteiger partial charge in [-0.05, 0) is 18.9 Å². The normalized spacial score (nSPS) is 19.5. The quantitative estimate of drug-likeness (QED) is 0.600. The maximum Gasteiger partial charge on any atom is 0.319 e. The number of carbonyl (C=O) groups excluding carboxylic acids is 1. The number of carbonyl (C=O) groups is 1. The molecule has 1 spiro atoms. The number of hydrogen-bond donors (Lipinski definition) is 4. The molecule has 1 aromatic heterocycles. The monoisotopic (exact) mass is 414 g/mol. The van der Waals surface area contributed by atoms with E-state index >= 15 is 0 Å². The highest BCUT2D eigenvalue weighted by Crippen LogP contribution is 2.48. The second kappa shape index (κ2) is 7.46. The lowest BCUT2D eigenvalue weighted by atomic mass is 9.74. The smallest absolute Gasteiger partial charge is 0.319 e. The van der Waals surface area contributed by atoms with Crippen molar-refractivity contribution in [3.05, 3.63) is 22.5 Å². The van der Waals surface area contributed by atoms with Gasteiger partial charge < -0.3 is 25.5 Å². The lowest BCUT2D eigenvalue weighted by Crippen LogP contribution is -2.52. The number of benzene rings is 1. The minimum atomic E-state index is -2.82. The van der Waals surface area contributed by atoms with E-state index in [9.17, 15) is 18.7 Å². The van der Waals surface area contributed by atoms with Crippen molar-refractivity contribution in [2.45, 2.75) is 56.7 Å². The van der Waals surface area contributed by atoms with Crippen molar-refractivity contribution < 1.29 is 23.1 Å². The van der Waals surface area contributed by atoms with E-state index in [2.05, 4.69) is 20.9 Å². The standard InChI is InChI=1S/C18H21ClF2N4O3/c19-9-6-10-15(28-12(23-10)8-22-7-11(26)16(20)21)13-14(9)24-17(27)25-18(13)4-2-1-3-5-18/h6,11,16,22,26H,1-5,7-8H2,(H2,24,25,27). The zero-order valence-electron chi connectivity index (χ0n) is 15.0. The van der Waals surface area contributed by atoms with Crippen LogP contribution in [0.5, 0.6) is 0 Å². The van der Waals surface area contributed by atoms with Crippen molar-refractivity contribution in [2.24, 2.45) is 0 Å². The molecule has 4 N–H and O–H groups in total. The predicted octanol–water partition coefficient (Wildman–Crippen LogP) is 3.49. The summed E-state index contributed by atoms with van der Waals surface area (Å²) >= 11 is 6.42. The summed E-state index contributed by atoms with van der Waals surface area (Å²) in [7, 11) is 0. The van der Waals surface area contributed by atoms with Gasteiger partial charge in [0, 0.05) is 12.1 Å². The highest BCUT2D eigenvalue weighted by Gasteiger charge is 2.44. The van der Waals surface area contributed by atoms with Crippen LogP contribution < -0.4 is 16.0 Å². The zero-order chi connectivity index (χ0) is 19.9. The lowest BCUT2D eigenvalue weighted by Gasteiger charge is -2.42. The second-order valence-electron chi connectivity index (χ2n) is 7.32. The second-order valence-corrected chi connectivity index (χ2v) is 7.73. The van der Waals surface area contributed by atoms with Crippen LogP contribution in [0.1, 0.15) is 43.6 Å². The average molecular weight is 415 g/mol. The lowest BCUT2D eigenvalue weighted by molar-refractivity contribution is -0.00363. The fourth-order valence-corrected chi connectivity index (χ4v) is 4.35. The number of urea groups is 1. The summed E-state index contributed by atoms with van der Waals surface area (Å²) in [6.07, 6.45) is 0.0283. The van der Waals surface area contributed by atoms with Crippen molar-refractivity contribution >= 4 is 34.4 Å². The molecule has 28 heavy (non-hydrogen) atoms. The SMILES string of the molecule is O=C1Nc2c(Cl)cc3nc(CNCC(O)C(F)F)oc3c2C2(CCCCC2)N1. The van der Waals surface area contributed by atoms with Gasteiger partial charge in [-0.25, -0.2) is 18.6 Å². The number of fused-ring (bicyclic) bond motifs is 4. The third kappa shape index (κ3) is 3.42. The summed E-state index contributed by atoms with van der Waals surface area (Å²) in [5.74, 6) is 0.295. The maximum atomic E-state index is 12.4. The van der Waals surface area contributed by atoms with Crippen LogP contribution in [0.25, 0.3) is 11.1 Å². The van der Waals surface area contributed by atoms with Crippen LogP contribution in [-0.4, -0.2) is 35.2 Å². The Labute approximate surface area is 164 Å². The fraction of sp³-hybridized carbons (Fsp3) is 0.556. The number of aromatic nitrogens is 1. The topological polar surface area (TPSA) is 99.4 Å². The molecular formula is C18H21ClF2N4O3. The zero-order valence-corrected chi connectivity index (χ0v) is 15.8. The average Bonchev–Trinajstić information content (AvgIpc) is 3.04. The number of aliphatic hydroxyl groups excluding tert-OH is 1. The van der Waals surface area contributed by atoms with Gasteiger partial charge in [-0.15, -0.1) is 0 Å². The van der Waals surface area contributed by atoms with E-state index in [4.69, 9.17) is 16.0 Å². The molecule has 2 heterocycles. The van der Waals surface area contributed by atoms with Gasteiger partial charge in [0.15, 0.2) is 5.58 Å². The number of nitrogens with zero attached hydrogens (tertiary/aromatic N) is 1. The summed E-state index contributed by atoms with van der Waals surface area (Å²) in [5.41, 5.74) is 1.83. The minimum absolute atomic E-state index is 0.0810. The van der Waals surface area contributed by atoms with Crippen LogP contribution in [0.15, 0.2) is 10.5 Å². The Bertz CT molecular complexity index is 899. The van der Waals surface area contributed by atoms with E-state index < -0.39 is 18.1 Å². The molecule has 2 amide bonds. The molecule has 2 aliphatic rings. The van der Waals surface area contributed by atoms with Crippen molar-refractivity contribution in [2.75, 3.05) is 11.9 Å². The van der Waals surface area contributed by atoms with E-state index in [1.165, 1.54) is 0 Å². The first-order valence-corrected chi connectivity index (χ1v) is 9.66. The Morgan fingerprint density at radius 3 is 2.82 bits per heavy atom. The van der Waals surface area contributed by atoms with Gasteiger partial charge in [-0.3, -0.25) is 0 Å². The van der Waals surface area contributed by atoms with Crippen LogP contribution >= 0.6 is 11.6 Å². The Morgan fingerprint density at radius 1 is 1.36 bits per heavy atom. The van der Waals surface area contributed by atoms with E-state index in [0.29, 0.717) is 27.7 Å². The molecule has 7 nitrogen and oxygen atoms in total. The number of aliphatic hydroxyl groups is 1. The molecule has 1 saturated carbocycles. The molecule has 1 fully saturated rings. The maximum absolute atomic E-state index is 12.4. The number of amides is 2. The first kappa shape index (κ1) is 19.4. The molecule has 1 unspecified atom stereocenters. The number of hydrogen-bond acceptors (Lipinski definition) is 5. The number of oxazole rings is 1. The molecule has 1 atom stereocenters. The minimum Gasteiger partial charge on any atom is -0.439 e. The number of anilines is 1. The molecule has 0 bridgehead atoms. The van der Waals surface area contributed by atoms with E-state index in [-0.39, 0.29) is 19.1 Å². The predicted molar refractivity (Wildman–Crippen MR) is 99.7 cm³/mol. The van der Waals surface area contributed by atoms with Crippen LogP contribution in [0.4, 0.5) is 19.3 Å². The van der Waals surface area contributed by atoms with Crippen LogP contribution in [0.3, 0.4) is 0 Å². The van der Waals surface area contributed by atoms with Gasteiger partial charge in [-0.2, -0.15) is 0 Å². The van der Waals surface area contributed by atoms with Crippen molar-refractivity contribution in [3.63, 3.8) is 0 Å². The van der Waals surface area contributed by atoms with Gasteiger partial charge in [0.1, 0.15) is 11.6 Å². The molecular weight excluding hydrogens is 394 g/mol. The van der Waals surface area contributed by atoms with Gasteiger partial charge in [-0.1, -0.05) is 30.9 Å². The summed E-state index contributed by atoms with van der Waals surface area (Å²) in [6, 6.07) is 1.33. The number of alkyl halides is 2. The Hall–Kier alpha value is -1.97. The van der Waals surface area contributed by atoms with E-state index in [1.807, 2.05) is 0 Å². The molecule has 10 heteroatoms. The molecule has 152 valence electrons. The third-order valence-electron chi connectivity index (χ3n) is 5.37. The summed E-state index contributed by atoms with van der Waals surface area (Å²) in [6.45, 7) is -0.200. The number of halogens is 3. The Balaban J connectivity index is 1.70. The van der Waals surface area contributed by atoms with Crippen molar-refractivity contribution in [1.29, 1.82) is 0 Å². The summed E-state index contributed by atoms with van der Waals surface area (Å²) in [4.78, 5) is 16.6. The van der Waals surface area contributed by atoms with Crippen molar-refractivity contribution in [1.82, 2.24) is 15.6 Å². The van der Waals surface area contributed by atoms with Gasteiger partial charge in [0.2, 0.25) is 5.89 Å². The van der Waals surface area contributed by atoms with Crippen LogP contribution in [0, 0.1) is 0 Å². The van der Waals surface area contributed by atoms with E-state index in [1.54, 1.807) is 6.07 Å². The first-order valence-electron chi connectivity index (χ1n) is 9.28. The largest absolute Gasteiger partial charge is 0.439 e. The first-order chi connectivity index (χ1) is 13.4. The van der Waals surface area contributed by atoms with Gasteiger partial charge >= 0.3 is 6.03 Å². The molecule has 1 aliphatic heterocycles. The van der Waals surface area contributed by atoms with Crippen molar-refractivity contribution in [3.8, 4) is 0 Å². The summed E-state index contributed by atoms with van der Waals surface area (Å²) in [5, 5.41) is 18.1. The fourth-order valence-electron chi connectivity index (χ4n) is 4.11. The van der Waals surface area contributed by atoms with Crippen LogP contribution in [0.2, 0.25) is 5.02 Å². The molecule has 4 rings (SSSR count). The van der Waals surface area contributed by atoms with Gasteiger partial charge in [0.25, 0.3) is 6.43 Å². The number of nitrogens with one attached hydrogen (secondary N) is 3. The number of rotatable bonds is 5.